The van der Waals surface area contributed by atoms with Crippen LogP contribution in [0.15, 0.2) is 18.2 Å². The van der Waals surface area contributed by atoms with E-state index in [1.54, 1.807) is 13.8 Å². The van der Waals surface area contributed by atoms with E-state index in [0.717, 1.165) is 11.1 Å². The van der Waals surface area contributed by atoms with Gasteiger partial charge in [0.1, 0.15) is 5.60 Å². The first-order valence-electron chi connectivity index (χ1n) is 4.71. The predicted octanol–water partition coefficient (Wildman–Crippen LogP) is 2.43. The largest absolute Gasteiger partial charge is 0.378 e. The van der Waals surface area contributed by atoms with E-state index >= 15 is 0 Å². The first kappa shape index (κ1) is 10.8. The van der Waals surface area contributed by atoms with Gasteiger partial charge in [-0.15, -0.1) is 0 Å². The van der Waals surface area contributed by atoms with Crippen molar-refractivity contribution < 1.29 is 5.11 Å². The van der Waals surface area contributed by atoms with Gasteiger partial charge in [-0.2, -0.15) is 0 Å². The molecule has 0 saturated carbocycles. The van der Waals surface area contributed by atoms with E-state index in [2.05, 4.69) is 17.9 Å². The average molecular weight is 188 g/mol. The summed E-state index contributed by atoms with van der Waals surface area (Å²) in [7, 11) is 0. The summed E-state index contributed by atoms with van der Waals surface area (Å²) in [5.74, 6) is 5.81. The summed E-state index contributed by atoms with van der Waals surface area (Å²) in [5, 5.41) is 9.47. The molecule has 0 heterocycles. The van der Waals surface area contributed by atoms with Gasteiger partial charge < -0.3 is 5.11 Å². The Morgan fingerprint density at radius 3 is 2.43 bits per heavy atom. The molecule has 0 aliphatic carbocycles. The van der Waals surface area contributed by atoms with Crippen LogP contribution in [-0.4, -0.2) is 10.7 Å². The summed E-state index contributed by atoms with van der Waals surface area (Å²) < 4.78 is 0. The van der Waals surface area contributed by atoms with Crippen molar-refractivity contribution in [3.05, 3.63) is 34.9 Å². The molecule has 0 bridgehead atoms. The minimum Gasteiger partial charge on any atom is -0.378 e. The molecule has 1 N–H and O–H groups in total. The highest BCUT2D eigenvalue weighted by Gasteiger charge is 2.06. The van der Waals surface area contributed by atoms with E-state index in [0.29, 0.717) is 0 Å². The van der Waals surface area contributed by atoms with Crippen molar-refractivity contribution in [1.29, 1.82) is 0 Å². The smallest absolute Gasteiger partial charge is 0.120 e. The van der Waals surface area contributed by atoms with Gasteiger partial charge in [-0.1, -0.05) is 24.0 Å². The van der Waals surface area contributed by atoms with Gasteiger partial charge in [0.05, 0.1) is 0 Å². The first-order chi connectivity index (χ1) is 6.38. The number of aliphatic hydroxyl groups is 1. The van der Waals surface area contributed by atoms with E-state index in [1.807, 2.05) is 26.0 Å². The van der Waals surface area contributed by atoms with Gasteiger partial charge in [-0.05, 0) is 44.9 Å². The maximum absolute atomic E-state index is 9.47. The Kier molecular flexibility index (Phi) is 2.98. The van der Waals surface area contributed by atoms with Crippen molar-refractivity contribution in [3.63, 3.8) is 0 Å². The summed E-state index contributed by atoms with van der Waals surface area (Å²) in [6.45, 7) is 7.43. The topological polar surface area (TPSA) is 20.2 Å². The fourth-order valence-corrected chi connectivity index (χ4v) is 1.09. The Balaban J connectivity index is 3.06. The minimum absolute atomic E-state index is 0.920. The molecule has 0 radical (unpaired) electrons. The molecule has 1 heteroatoms. The molecule has 0 aliphatic heterocycles. The summed E-state index contributed by atoms with van der Waals surface area (Å²) in [5.41, 5.74) is 2.41. The van der Waals surface area contributed by atoms with Crippen LogP contribution in [0.3, 0.4) is 0 Å². The van der Waals surface area contributed by atoms with Gasteiger partial charge in [0.25, 0.3) is 0 Å². The van der Waals surface area contributed by atoms with Gasteiger partial charge in [-0.3, -0.25) is 0 Å². The summed E-state index contributed by atoms with van der Waals surface area (Å²) in [6, 6.07) is 6.14. The zero-order valence-electron chi connectivity index (χ0n) is 9.18. The van der Waals surface area contributed by atoms with E-state index in [9.17, 15) is 5.11 Å². The molecule has 0 aromatic heterocycles. The highest BCUT2D eigenvalue weighted by Crippen LogP contribution is 2.09. The Morgan fingerprint density at radius 2 is 1.86 bits per heavy atom. The lowest BCUT2D eigenvalue weighted by atomic mass is 10.0. The van der Waals surface area contributed by atoms with Crippen LogP contribution in [0.25, 0.3) is 0 Å². The van der Waals surface area contributed by atoms with Crippen LogP contribution in [0.2, 0.25) is 0 Å². The fraction of sp³-hybridized carbons (Fsp3) is 0.385. The number of hydrogen-bond donors (Lipinski definition) is 1. The third-order valence-electron chi connectivity index (χ3n) is 1.90. The van der Waals surface area contributed by atoms with Crippen LogP contribution in [0, 0.1) is 25.7 Å². The molecule has 0 fully saturated rings. The quantitative estimate of drug-likeness (QED) is 0.620. The zero-order valence-corrected chi connectivity index (χ0v) is 9.18. The molecule has 0 unspecified atom stereocenters. The molecule has 0 spiro atoms. The standard InChI is InChI=1S/C13H16O/c1-10-5-6-11(2)12(9-10)7-8-13(3,4)14/h5-6,9,14H,1-4H3. The number of aryl methyl sites for hydroxylation is 2. The molecule has 1 rings (SSSR count). The van der Waals surface area contributed by atoms with Gasteiger partial charge in [-0.25, -0.2) is 0 Å². The second-order valence-electron chi connectivity index (χ2n) is 4.13. The second-order valence-corrected chi connectivity index (χ2v) is 4.13. The second kappa shape index (κ2) is 3.86. The van der Waals surface area contributed by atoms with Gasteiger partial charge in [0.2, 0.25) is 0 Å². The van der Waals surface area contributed by atoms with E-state index in [1.165, 1.54) is 5.56 Å². The maximum atomic E-state index is 9.47. The normalized spacial score (nSPS) is 10.6. The van der Waals surface area contributed by atoms with Gasteiger partial charge >= 0.3 is 0 Å². The maximum Gasteiger partial charge on any atom is 0.120 e. The Morgan fingerprint density at radius 1 is 1.21 bits per heavy atom. The summed E-state index contributed by atoms with van der Waals surface area (Å²) >= 11 is 0. The van der Waals surface area contributed by atoms with E-state index < -0.39 is 5.60 Å². The van der Waals surface area contributed by atoms with Crippen LogP contribution in [0.5, 0.6) is 0 Å². The molecule has 1 aromatic rings. The van der Waals surface area contributed by atoms with E-state index in [4.69, 9.17) is 0 Å². The van der Waals surface area contributed by atoms with Crippen molar-refractivity contribution in [2.75, 3.05) is 0 Å². The van der Waals surface area contributed by atoms with Gasteiger partial charge in [0, 0.05) is 5.56 Å². The minimum atomic E-state index is -0.920. The molecule has 0 saturated heterocycles. The SMILES string of the molecule is Cc1ccc(C)c(C#CC(C)(C)O)c1. The third kappa shape index (κ3) is 3.24. The molecule has 0 atom stereocenters. The molecule has 0 amide bonds. The van der Waals surface area contributed by atoms with Crippen LogP contribution in [0.4, 0.5) is 0 Å². The molecular formula is C13H16O. The number of hydrogen-bond acceptors (Lipinski definition) is 1. The first-order valence-corrected chi connectivity index (χ1v) is 4.71. The van der Waals surface area contributed by atoms with Gasteiger partial charge in [0.15, 0.2) is 0 Å². The Bertz CT molecular complexity index is 386. The van der Waals surface area contributed by atoms with Crippen LogP contribution in [0.1, 0.15) is 30.5 Å². The molecule has 0 aliphatic rings. The lowest BCUT2D eigenvalue weighted by Gasteiger charge is -2.06. The Labute approximate surface area is 85.8 Å². The Hall–Kier alpha value is -1.26. The van der Waals surface area contributed by atoms with Crippen molar-refractivity contribution >= 4 is 0 Å². The lowest BCUT2D eigenvalue weighted by Crippen LogP contribution is -2.14. The monoisotopic (exact) mass is 188 g/mol. The highest BCUT2D eigenvalue weighted by molar-refractivity contribution is 5.43. The van der Waals surface area contributed by atoms with Crippen LogP contribution < -0.4 is 0 Å². The third-order valence-corrected chi connectivity index (χ3v) is 1.90. The molecule has 74 valence electrons. The molecule has 1 nitrogen and oxygen atoms in total. The van der Waals surface area contributed by atoms with Crippen molar-refractivity contribution in [1.82, 2.24) is 0 Å². The van der Waals surface area contributed by atoms with Crippen molar-refractivity contribution in [2.24, 2.45) is 0 Å². The lowest BCUT2D eigenvalue weighted by molar-refractivity contribution is 0.143. The highest BCUT2D eigenvalue weighted by atomic mass is 16.3. The molecular weight excluding hydrogens is 172 g/mol. The average Bonchev–Trinajstić information content (AvgIpc) is 2.05. The van der Waals surface area contributed by atoms with Crippen LogP contribution >= 0.6 is 0 Å². The summed E-state index contributed by atoms with van der Waals surface area (Å²) in [6.07, 6.45) is 0. The fourth-order valence-electron chi connectivity index (χ4n) is 1.09. The number of rotatable bonds is 0. The van der Waals surface area contributed by atoms with Crippen molar-refractivity contribution in [2.45, 2.75) is 33.3 Å². The van der Waals surface area contributed by atoms with E-state index in [-0.39, 0.29) is 0 Å². The number of benzene rings is 1. The molecule has 1 aromatic carbocycles. The summed E-state index contributed by atoms with van der Waals surface area (Å²) in [4.78, 5) is 0. The van der Waals surface area contributed by atoms with Crippen LogP contribution in [-0.2, 0) is 0 Å². The van der Waals surface area contributed by atoms with Crippen molar-refractivity contribution in [3.8, 4) is 11.8 Å². The molecule has 14 heavy (non-hydrogen) atoms. The predicted molar refractivity (Wildman–Crippen MR) is 59.1 cm³/mol. The zero-order chi connectivity index (χ0) is 10.8.